The Morgan fingerprint density at radius 3 is 1.50 bits per heavy atom. The number of hydrogen-bond donors (Lipinski definition) is 0. The third-order valence-electron chi connectivity index (χ3n) is 3.73. The Labute approximate surface area is 109 Å². The Morgan fingerprint density at radius 1 is 0.833 bits per heavy atom. The second-order valence-corrected chi connectivity index (χ2v) is 5.72. The van der Waals surface area contributed by atoms with Crippen LogP contribution in [0.5, 0.6) is 0 Å². The molecule has 0 bridgehead atoms. The molecule has 1 aliphatic rings. The molecule has 1 saturated carbocycles. The van der Waals surface area contributed by atoms with Crippen LogP contribution in [0.15, 0.2) is 12.1 Å². The van der Waals surface area contributed by atoms with Gasteiger partial charge in [0.05, 0.1) is 0 Å². The van der Waals surface area contributed by atoms with Crippen LogP contribution in [-0.4, -0.2) is 0 Å². The van der Waals surface area contributed by atoms with Crippen molar-refractivity contribution < 1.29 is 8.78 Å². The van der Waals surface area contributed by atoms with E-state index >= 15 is 0 Å². The van der Waals surface area contributed by atoms with Crippen molar-refractivity contribution in [2.75, 3.05) is 0 Å². The molecule has 18 heavy (non-hydrogen) atoms. The summed E-state index contributed by atoms with van der Waals surface area (Å²) in [5.74, 6) is 1.09. The molecule has 0 aliphatic heterocycles. The number of aryl methyl sites for hydroxylation is 1. The first kappa shape index (κ1) is 15.1. The molecule has 0 heterocycles. The summed E-state index contributed by atoms with van der Waals surface area (Å²) in [7, 11) is 0. The highest BCUT2D eigenvalue weighted by Gasteiger charge is 2.13. The van der Waals surface area contributed by atoms with Gasteiger partial charge in [-0.1, -0.05) is 39.5 Å². The molecule has 0 unspecified atom stereocenters. The summed E-state index contributed by atoms with van der Waals surface area (Å²) in [4.78, 5) is 0. The monoisotopic (exact) mass is 254 g/mol. The van der Waals surface area contributed by atoms with Crippen molar-refractivity contribution in [3.63, 3.8) is 0 Å². The SMILES string of the molecule is CC1CCC(C)CC1.Cc1cc(F)c(C)c(F)c1. The van der Waals surface area contributed by atoms with Gasteiger partial charge in [0.2, 0.25) is 0 Å². The van der Waals surface area contributed by atoms with Gasteiger partial charge >= 0.3 is 0 Å². The molecule has 102 valence electrons. The zero-order valence-electron chi connectivity index (χ0n) is 11.9. The lowest BCUT2D eigenvalue weighted by atomic mass is 9.84. The van der Waals surface area contributed by atoms with Crippen molar-refractivity contribution >= 4 is 0 Å². The van der Waals surface area contributed by atoms with E-state index in [1.165, 1.54) is 44.7 Å². The van der Waals surface area contributed by atoms with E-state index in [9.17, 15) is 8.78 Å². The fourth-order valence-corrected chi connectivity index (χ4v) is 2.20. The maximum absolute atomic E-state index is 12.6. The first-order chi connectivity index (χ1) is 8.40. The number of halogens is 2. The van der Waals surface area contributed by atoms with Gasteiger partial charge in [0.25, 0.3) is 0 Å². The average molecular weight is 254 g/mol. The van der Waals surface area contributed by atoms with Gasteiger partial charge in [0.1, 0.15) is 11.6 Å². The largest absolute Gasteiger partial charge is 0.207 e. The maximum Gasteiger partial charge on any atom is 0.129 e. The molecule has 2 rings (SSSR count). The van der Waals surface area contributed by atoms with E-state index in [2.05, 4.69) is 13.8 Å². The summed E-state index contributed by atoms with van der Waals surface area (Å²) in [5.41, 5.74) is 0.700. The Bertz CT molecular complexity index is 344. The van der Waals surface area contributed by atoms with E-state index in [1.807, 2.05) is 0 Å². The van der Waals surface area contributed by atoms with E-state index in [4.69, 9.17) is 0 Å². The molecule has 1 aliphatic carbocycles. The molecule has 0 amide bonds. The van der Waals surface area contributed by atoms with Gasteiger partial charge in [-0.3, -0.25) is 0 Å². The molecule has 1 aromatic carbocycles. The Kier molecular flexibility index (Phi) is 5.77. The zero-order chi connectivity index (χ0) is 13.7. The van der Waals surface area contributed by atoms with Gasteiger partial charge in [-0.2, -0.15) is 0 Å². The van der Waals surface area contributed by atoms with E-state index in [0.717, 1.165) is 11.8 Å². The van der Waals surface area contributed by atoms with Crippen molar-refractivity contribution in [1.29, 1.82) is 0 Å². The predicted octanol–water partition coefficient (Wildman–Crippen LogP) is 5.41. The van der Waals surface area contributed by atoms with Crippen LogP contribution in [0.2, 0.25) is 0 Å². The van der Waals surface area contributed by atoms with Crippen molar-refractivity contribution in [1.82, 2.24) is 0 Å². The molecular weight excluding hydrogens is 230 g/mol. The van der Waals surface area contributed by atoms with Gasteiger partial charge < -0.3 is 0 Å². The van der Waals surface area contributed by atoms with Crippen LogP contribution in [-0.2, 0) is 0 Å². The molecule has 0 N–H and O–H groups in total. The van der Waals surface area contributed by atoms with Gasteiger partial charge in [-0.05, 0) is 43.4 Å². The van der Waals surface area contributed by atoms with Crippen molar-refractivity contribution in [2.45, 2.75) is 53.4 Å². The highest BCUT2D eigenvalue weighted by Crippen LogP contribution is 2.27. The Balaban J connectivity index is 0.000000184. The summed E-state index contributed by atoms with van der Waals surface area (Å²) in [6.45, 7) is 7.81. The third-order valence-corrected chi connectivity index (χ3v) is 3.73. The minimum atomic E-state index is -0.475. The summed E-state index contributed by atoms with van der Waals surface area (Å²) in [6, 6.07) is 2.64. The molecule has 0 saturated heterocycles. The molecular formula is C16H24F2. The zero-order valence-corrected chi connectivity index (χ0v) is 11.9. The van der Waals surface area contributed by atoms with E-state index in [0.29, 0.717) is 5.56 Å². The third kappa shape index (κ3) is 4.75. The highest BCUT2D eigenvalue weighted by molar-refractivity contribution is 5.23. The van der Waals surface area contributed by atoms with Crippen LogP contribution < -0.4 is 0 Å². The number of rotatable bonds is 0. The quantitative estimate of drug-likeness (QED) is 0.580. The molecule has 0 radical (unpaired) electrons. The average Bonchev–Trinajstić information content (AvgIpc) is 2.31. The van der Waals surface area contributed by atoms with Gasteiger partial charge in [-0.25, -0.2) is 8.78 Å². The first-order valence-corrected chi connectivity index (χ1v) is 6.82. The van der Waals surface area contributed by atoms with Crippen LogP contribution in [0.1, 0.15) is 50.7 Å². The molecule has 2 heteroatoms. The minimum absolute atomic E-state index is 0.0885. The van der Waals surface area contributed by atoms with Gasteiger partial charge in [0.15, 0.2) is 0 Å². The maximum atomic E-state index is 12.6. The van der Waals surface area contributed by atoms with Crippen LogP contribution in [0.4, 0.5) is 8.78 Å². The summed E-state index contributed by atoms with van der Waals surface area (Å²) >= 11 is 0. The number of hydrogen-bond acceptors (Lipinski definition) is 0. The number of benzene rings is 1. The van der Waals surface area contributed by atoms with Crippen LogP contribution in [0.25, 0.3) is 0 Å². The van der Waals surface area contributed by atoms with Crippen molar-refractivity contribution in [2.24, 2.45) is 11.8 Å². The fourth-order valence-electron chi connectivity index (χ4n) is 2.20. The standard InChI is InChI=1S/C8H8F2.C8H16/c1-5-3-7(9)6(2)8(10)4-5;1-7-3-5-8(2)6-4-7/h3-4H,1-2H3;7-8H,3-6H2,1-2H3. The lowest BCUT2D eigenvalue weighted by Crippen LogP contribution is -2.08. The van der Waals surface area contributed by atoms with Gasteiger partial charge in [-0.15, -0.1) is 0 Å². The lowest BCUT2D eigenvalue weighted by molar-refractivity contribution is 0.308. The first-order valence-electron chi connectivity index (χ1n) is 6.82. The van der Waals surface area contributed by atoms with E-state index in [-0.39, 0.29) is 5.56 Å². The molecule has 0 aromatic heterocycles. The summed E-state index contributed by atoms with van der Waals surface area (Å²) < 4.78 is 25.2. The lowest BCUT2D eigenvalue weighted by Gasteiger charge is -2.22. The smallest absolute Gasteiger partial charge is 0.129 e. The molecule has 1 fully saturated rings. The van der Waals surface area contributed by atoms with Crippen LogP contribution in [0.3, 0.4) is 0 Å². The normalized spacial score (nSPS) is 23.2. The van der Waals surface area contributed by atoms with Crippen LogP contribution >= 0.6 is 0 Å². The fraction of sp³-hybridized carbons (Fsp3) is 0.625. The van der Waals surface area contributed by atoms with E-state index < -0.39 is 11.6 Å². The van der Waals surface area contributed by atoms with Crippen molar-refractivity contribution in [3.05, 3.63) is 34.9 Å². The molecule has 0 spiro atoms. The summed E-state index contributed by atoms with van der Waals surface area (Å²) in [6.07, 6.45) is 5.89. The topological polar surface area (TPSA) is 0 Å². The Morgan fingerprint density at radius 2 is 1.17 bits per heavy atom. The highest BCUT2D eigenvalue weighted by atomic mass is 19.1. The second-order valence-electron chi connectivity index (χ2n) is 5.72. The second kappa shape index (κ2) is 6.86. The predicted molar refractivity (Wildman–Crippen MR) is 72.6 cm³/mol. The summed E-state index contributed by atoms with van der Waals surface area (Å²) in [5, 5.41) is 0. The van der Waals surface area contributed by atoms with Gasteiger partial charge in [0, 0.05) is 5.56 Å². The molecule has 0 nitrogen and oxygen atoms in total. The molecule has 1 aromatic rings. The van der Waals surface area contributed by atoms with E-state index in [1.54, 1.807) is 6.92 Å². The Hall–Kier alpha value is -0.920. The van der Waals surface area contributed by atoms with Crippen molar-refractivity contribution in [3.8, 4) is 0 Å². The molecule has 0 atom stereocenters. The van der Waals surface area contributed by atoms with Crippen LogP contribution in [0, 0.1) is 37.3 Å². The minimum Gasteiger partial charge on any atom is -0.207 e.